The van der Waals surface area contributed by atoms with Crippen LogP contribution >= 0.6 is 11.3 Å². The van der Waals surface area contributed by atoms with Crippen LogP contribution in [0.5, 0.6) is 0 Å². The molecule has 1 saturated heterocycles. The Balaban J connectivity index is 1.50. The zero-order chi connectivity index (χ0) is 16.2. The van der Waals surface area contributed by atoms with Crippen LogP contribution in [0, 0.1) is 13.8 Å². The number of nitrogens with zero attached hydrogens (tertiary/aromatic N) is 3. The summed E-state index contributed by atoms with van der Waals surface area (Å²) in [6.45, 7) is 11.4. The first-order chi connectivity index (χ1) is 11.1. The van der Waals surface area contributed by atoms with Crippen molar-refractivity contribution in [1.82, 2.24) is 15.5 Å². The molecule has 0 saturated carbocycles. The van der Waals surface area contributed by atoms with Crippen LogP contribution in [0.1, 0.15) is 34.7 Å². The highest BCUT2D eigenvalue weighted by atomic mass is 32.1. The molecule has 23 heavy (non-hydrogen) atoms. The highest BCUT2D eigenvalue weighted by Crippen LogP contribution is 2.24. The molecular weight excluding hydrogens is 312 g/mol. The predicted octanol–water partition coefficient (Wildman–Crippen LogP) is 2.48. The van der Waals surface area contributed by atoms with Gasteiger partial charge in [0.1, 0.15) is 5.76 Å². The third-order valence-electron chi connectivity index (χ3n) is 4.15. The second-order valence-electron chi connectivity index (χ2n) is 5.98. The molecular formula is C16H24N4O2S. The number of anilines is 1. The molecule has 0 aliphatic carbocycles. The Bertz CT molecular complexity index is 614. The van der Waals surface area contributed by atoms with Crippen molar-refractivity contribution >= 4 is 16.5 Å². The average Bonchev–Trinajstić information content (AvgIpc) is 3.15. The Kier molecular flexibility index (Phi) is 5.30. The number of hydrogen-bond acceptors (Lipinski definition) is 7. The lowest BCUT2D eigenvalue weighted by atomic mass is 10.00. The Morgan fingerprint density at radius 2 is 2.13 bits per heavy atom. The summed E-state index contributed by atoms with van der Waals surface area (Å²) < 4.78 is 10.6. The van der Waals surface area contributed by atoms with Gasteiger partial charge in [-0.05, 0) is 19.8 Å². The van der Waals surface area contributed by atoms with Gasteiger partial charge >= 0.3 is 0 Å². The zero-order valence-corrected chi connectivity index (χ0v) is 14.8. The summed E-state index contributed by atoms with van der Waals surface area (Å²) in [7, 11) is 0. The van der Waals surface area contributed by atoms with Crippen molar-refractivity contribution in [3.05, 3.63) is 28.1 Å². The summed E-state index contributed by atoms with van der Waals surface area (Å²) in [5.41, 5.74) is 2.21. The Morgan fingerprint density at radius 3 is 2.83 bits per heavy atom. The molecule has 1 N–H and O–H groups in total. The van der Waals surface area contributed by atoms with E-state index in [1.807, 2.05) is 20.0 Å². The number of aryl methyl sites for hydroxylation is 2. The number of morpholine rings is 1. The zero-order valence-electron chi connectivity index (χ0n) is 14.0. The van der Waals surface area contributed by atoms with Crippen LogP contribution in [0.3, 0.4) is 0 Å². The summed E-state index contributed by atoms with van der Waals surface area (Å²) >= 11 is 1.76. The molecule has 1 aliphatic heterocycles. The van der Waals surface area contributed by atoms with Crippen LogP contribution < -0.4 is 10.2 Å². The normalized spacial score (nSPS) is 16.7. The van der Waals surface area contributed by atoms with E-state index in [1.54, 1.807) is 11.3 Å². The molecule has 0 spiro atoms. The van der Waals surface area contributed by atoms with Gasteiger partial charge in [-0.15, -0.1) is 11.3 Å². The highest BCUT2D eigenvalue weighted by Gasteiger charge is 2.17. The van der Waals surface area contributed by atoms with Gasteiger partial charge in [-0.1, -0.05) is 12.1 Å². The van der Waals surface area contributed by atoms with Crippen LogP contribution in [0.2, 0.25) is 0 Å². The van der Waals surface area contributed by atoms with Gasteiger partial charge in [0.25, 0.3) is 0 Å². The Labute approximate surface area is 140 Å². The van der Waals surface area contributed by atoms with Gasteiger partial charge in [0.2, 0.25) is 0 Å². The molecule has 0 radical (unpaired) electrons. The summed E-state index contributed by atoms with van der Waals surface area (Å²) in [6, 6.07) is 0. The molecule has 126 valence electrons. The Hall–Kier alpha value is -1.44. The summed E-state index contributed by atoms with van der Waals surface area (Å²) in [4.78, 5) is 8.10. The molecule has 0 amide bonds. The molecule has 0 unspecified atom stereocenters. The van der Waals surface area contributed by atoms with Gasteiger partial charge in [-0.3, -0.25) is 0 Å². The Morgan fingerprint density at radius 1 is 1.35 bits per heavy atom. The molecule has 7 heteroatoms. The van der Waals surface area contributed by atoms with E-state index in [2.05, 4.69) is 27.3 Å². The largest absolute Gasteiger partial charge is 0.378 e. The van der Waals surface area contributed by atoms with Gasteiger partial charge in [-0.2, -0.15) is 0 Å². The minimum Gasteiger partial charge on any atom is -0.378 e. The molecule has 3 rings (SSSR count). The maximum atomic E-state index is 5.38. The first kappa shape index (κ1) is 16.4. The average molecular weight is 336 g/mol. The lowest BCUT2D eigenvalue weighted by Gasteiger charge is -2.25. The number of hydrogen-bond donors (Lipinski definition) is 1. The number of ether oxygens (including phenoxy) is 1. The number of nitrogens with one attached hydrogen (secondary N) is 1. The third-order valence-corrected chi connectivity index (χ3v) is 5.21. The van der Waals surface area contributed by atoms with Gasteiger partial charge in [0.05, 0.1) is 18.9 Å². The van der Waals surface area contributed by atoms with E-state index in [0.717, 1.165) is 56.0 Å². The van der Waals surface area contributed by atoms with Crippen molar-refractivity contribution in [1.29, 1.82) is 0 Å². The first-order valence-electron chi connectivity index (χ1n) is 8.06. The second kappa shape index (κ2) is 7.42. The third kappa shape index (κ3) is 3.91. The maximum Gasteiger partial charge on any atom is 0.185 e. The molecule has 0 aromatic carbocycles. The SMILES string of the molecule is Cc1noc(C)c1[C@@H](C)CNCc1cnc(N2CCOCC2)s1. The fraction of sp³-hybridized carbons (Fsp3) is 0.625. The van der Waals surface area contributed by atoms with E-state index in [9.17, 15) is 0 Å². The second-order valence-corrected chi connectivity index (χ2v) is 7.07. The van der Waals surface area contributed by atoms with E-state index in [1.165, 1.54) is 10.4 Å². The van der Waals surface area contributed by atoms with Crippen molar-refractivity contribution < 1.29 is 9.26 Å². The van der Waals surface area contributed by atoms with Crippen molar-refractivity contribution in [2.75, 3.05) is 37.7 Å². The van der Waals surface area contributed by atoms with Crippen LogP contribution in [-0.2, 0) is 11.3 Å². The molecule has 6 nitrogen and oxygen atoms in total. The molecule has 3 heterocycles. The maximum absolute atomic E-state index is 5.38. The van der Waals surface area contributed by atoms with E-state index in [0.29, 0.717) is 5.92 Å². The monoisotopic (exact) mass is 336 g/mol. The van der Waals surface area contributed by atoms with Crippen LogP contribution in [-0.4, -0.2) is 43.0 Å². The lowest BCUT2D eigenvalue weighted by Crippen LogP contribution is -2.36. The topological polar surface area (TPSA) is 63.4 Å². The minimum atomic E-state index is 0.382. The van der Waals surface area contributed by atoms with Gasteiger partial charge in [0, 0.05) is 42.8 Å². The molecule has 0 bridgehead atoms. The van der Waals surface area contributed by atoms with Crippen molar-refractivity contribution in [2.45, 2.75) is 33.2 Å². The minimum absolute atomic E-state index is 0.382. The van der Waals surface area contributed by atoms with Gasteiger partial charge < -0.3 is 19.5 Å². The van der Waals surface area contributed by atoms with Gasteiger partial charge in [-0.25, -0.2) is 4.98 Å². The smallest absolute Gasteiger partial charge is 0.185 e. The van der Waals surface area contributed by atoms with Crippen LogP contribution in [0.15, 0.2) is 10.7 Å². The molecule has 2 aromatic heterocycles. The first-order valence-corrected chi connectivity index (χ1v) is 8.87. The molecule has 2 aromatic rings. The number of rotatable bonds is 6. The van der Waals surface area contributed by atoms with E-state index < -0.39 is 0 Å². The van der Waals surface area contributed by atoms with Gasteiger partial charge in [0.15, 0.2) is 5.13 Å². The lowest BCUT2D eigenvalue weighted by molar-refractivity contribution is 0.122. The summed E-state index contributed by atoms with van der Waals surface area (Å²) in [5.74, 6) is 1.30. The van der Waals surface area contributed by atoms with E-state index >= 15 is 0 Å². The van der Waals surface area contributed by atoms with Crippen molar-refractivity contribution in [3.63, 3.8) is 0 Å². The van der Waals surface area contributed by atoms with Crippen LogP contribution in [0.4, 0.5) is 5.13 Å². The molecule has 1 fully saturated rings. The number of thiazole rings is 1. The number of aromatic nitrogens is 2. The van der Waals surface area contributed by atoms with Crippen molar-refractivity contribution in [2.24, 2.45) is 0 Å². The fourth-order valence-corrected chi connectivity index (χ4v) is 3.92. The molecule has 1 aliphatic rings. The summed E-state index contributed by atoms with van der Waals surface area (Å²) in [5, 5.41) is 8.65. The fourth-order valence-electron chi connectivity index (χ4n) is 2.99. The summed E-state index contributed by atoms with van der Waals surface area (Å²) in [6.07, 6.45) is 1.98. The van der Waals surface area contributed by atoms with E-state index in [4.69, 9.17) is 9.26 Å². The van der Waals surface area contributed by atoms with E-state index in [-0.39, 0.29) is 0 Å². The standard InChI is InChI=1S/C16H24N4O2S/c1-11(15-12(2)19-22-13(15)3)8-17-9-14-10-18-16(23-14)20-4-6-21-7-5-20/h10-11,17H,4-9H2,1-3H3/t11-/m0/s1. The molecule has 1 atom stereocenters. The highest BCUT2D eigenvalue weighted by molar-refractivity contribution is 7.15. The van der Waals surface area contributed by atoms with Crippen molar-refractivity contribution in [3.8, 4) is 0 Å². The quantitative estimate of drug-likeness (QED) is 0.874. The predicted molar refractivity (Wildman–Crippen MR) is 91.2 cm³/mol. The van der Waals surface area contributed by atoms with Crippen LogP contribution in [0.25, 0.3) is 0 Å².